The van der Waals surface area contributed by atoms with Crippen molar-refractivity contribution in [3.05, 3.63) is 35.5 Å². The van der Waals surface area contributed by atoms with Gasteiger partial charge in [-0.2, -0.15) is 0 Å². The molecule has 1 aromatic carbocycles. The van der Waals surface area contributed by atoms with Gasteiger partial charge in [0.1, 0.15) is 0 Å². The SMILES string of the molecule is Cn1ccc2cc3c(cc21)CCC3. The molecule has 1 aliphatic carbocycles. The van der Waals surface area contributed by atoms with E-state index >= 15 is 0 Å². The minimum absolute atomic E-state index is 1.27. The fraction of sp³-hybridized carbons (Fsp3) is 0.333. The lowest BCUT2D eigenvalue weighted by Gasteiger charge is -2.01. The Bertz CT molecular complexity index is 465. The summed E-state index contributed by atoms with van der Waals surface area (Å²) in [6.45, 7) is 0. The molecule has 0 atom stereocenters. The van der Waals surface area contributed by atoms with Crippen molar-refractivity contribution in [3.8, 4) is 0 Å². The highest BCUT2D eigenvalue weighted by molar-refractivity contribution is 5.82. The number of rotatable bonds is 0. The van der Waals surface area contributed by atoms with Gasteiger partial charge < -0.3 is 4.57 Å². The van der Waals surface area contributed by atoms with Crippen LogP contribution in [0, 0.1) is 0 Å². The predicted octanol–water partition coefficient (Wildman–Crippen LogP) is 2.67. The summed E-state index contributed by atoms with van der Waals surface area (Å²) in [4.78, 5) is 0. The third-order valence-corrected chi connectivity index (χ3v) is 3.10. The Morgan fingerprint density at radius 1 is 1.15 bits per heavy atom. The van der Waals surface area contributed by atoms with E-state index in [4.69, 9.17) is 0 Å². The summed E-state index contributed by atoms with van der Waals surface area (Å²) < 4.78 is 2.20. The van der Waals surface area contributed by atoms with Crippen LogP contribution in [0.5, 0.6) is 0 Å². The fourth-order valence-corrected chi connectivity index (χ4v) is 2.34. The second-order valence-electron chi connectivity index (χ2n) is 3.96. The van der Waals surface area contributed by atoms with Gasteiger partial charge in [0, 0.05) is 18.8 Å². The highest BCUT2D eigenvalue weighted by atomic mass is 14.9. The molecule has 13 heavy (non-hydrogen) atoms. The van der Waals surface area contributed by atoms with Crippen molar-refractivity contribution in [1.29, 1.82) is 0 Å². The van der Waals surface area contributed by atoms with Gasteiger partial charge in [-0.05, 0) is 54.0 Å². The second kappa shape index (κ2) is 2.38. The summed E-state index contributed by atoms with van der Waals surface area (Å²) in [5.74, 6) is 0. The fourth-order valence-electron chi connectivity index (χ4n) is 2.34. The van der Waals surface area contributed by atoms with Gasteiger partial charge in [-0.25, -0.2) is 0 Å². The van der Waals surface area contributed by atoms with Crippen LogP contribution < -0.4 is 0 Å². The summed E-state index contributed by atoms with van der Waals surface area (Å²) >= 11 is 0. The highest BCUT2D eigenvalue weighted by Crippen LogP contribution is 2.27. The molecule has 0 radical (unpaired) electrons. The smallest absolute Gasteiger partial charge is 0.0480 e. The number of aromatic nitrogens is 1. The highest BCUT2D eigenvalue weighted by Gasteiger charge is 2.12. The van der Waals surface area contributed by atoms with Crippen molar-refractivity contribution in [2.75, 3.05) is 0 Å². The Morgan fingerprint density at radius 2 is 1.92 bits per heavy atom. The van der Waals surface area contributed by atoms with Gasteiger partial charge in [0.25, 0.3) is 0 Å². The Balaban J connectivity index is 2.38. The van der Waals surface area contributed by atoms with Gasteiger partial charge in [0.05, 0.1) is 0 Å². The molecule has 66 valence electrons. The monoisotopic (exact) mass is 171 g/mol. The van der Waals surface area contributed by atoms with Gasteiger partial charge in [-0.15, -0.1) is 0 Å². The minimum Gasteiger partial charge on any atom is -0.351 e. The molecule has 1 heterocycles. The maximum atomic E-state index is 2.36. The van der Waals surface area contributed by atoms with Gasteiger partial charge >= 0.3 is 0 Å². The minimum atomic E-state index is 1.27. The molecule has 0 fully saturated rings. The molecule has 0 bridgehead atoms. The molecule has 1 aromatic heterocycles. The zero-order valence-electron chi connectivity index (χ0n) is 7.88. The summed E-state index contributed by atoms with van der Waals surface area (Å²) in [6, 6.07) is 6.92. The van der Waals surface area contributed by atoms with E-state index in [2.05, 4.69) is 36.0 Å². The lowest BCUT2D eigenvalue weighted by Crippen LogP contribution is -1.87. The van der Waals surface area contributed by atoms with Gasteiger partial charge in [0.2, 0.25) is 0 Å². The van der Waals surface area contributed by atoms with Gasteiger partial charge in [-0.1, -0.05) is 0 Å². The maximum Gasteiger partial charge on any atom is 0.0480 e. The van der Waals surface area contributed by atoms with Gasteiger partial charge in [-0.3, -0.25) is 0 Å². The molecule has 0 N–H and O–H groups in total. The average Bonchev–Trinajstić information content (AvgIpc) is 2.70. The molecular formula is C12H13N. The van der Waals surface area contributed by atoms with E-state index in [-0.39, 0.29) is 0 Å². The molecule has 0 saturated heterocycles. The normalized spacial score (nSPS) is 15.2. The number of hydrogen-bond acceptors (Lipinski definition) is 0. The average molecular weight is 171 g/mol. The van der Waals surface area contributed by atoms with E-state index in [1.54, 1.807) is 11.1 Å². The van der Waals surface area contributed by atoms with Crippen molar-refractivity contribution < 1.29 is 0 Å². The standard InChI is InChI=1S/C12H13N/c1-13-6-5-11-7-9-3-2-4-10(9)8-12(11)13/h5-8H,2-4H2,1H3. The Morgan fingerprint density at radius 3 is 2.77 bits per heavy atom. The maximum absolute atomic E-state index is 2.36. The van der Waals surface area contributed by atoms with Crippen LogP contribution in [-0.4, -0.2) is 4.57 Å². The van der Waals surface area contributed by atoms with Crippen LogP contribution in [-0.2, 0) is 19.9 Å². The first-order valence-corrected chi connectivity index (χ1v) is 4.91. The van der Waals surface area contributed by atoms with Crippen LogP contribution in [0.1, 0.15) is 17.5 Å². The topological polar surface area (TPSA) is 4.93 Å². The van der Waals surface area contributed by atoms with E-state index in [0.29, 0.717) is 0 Å². The van der Waals surface area contributed by atoms with E-state index in [9.17, 15) is 0 Å². The second-order valence-corrected chi connectivity index (χ2v) is 3.96. The van der Waals surface area contributed by atoms with Crippen molar-refractivity contribution >= 4 is 10.9 Å². The van der Waals surface area contributed by atoms with E-state index in [1.165, 1.54) is 30.2 Å². The van der Waals surface area contributed by atoms with Crippen LogP contribution in [0.4, 0.5) is 0 Å². The first-order valence-electron chi connectivity index (χ1n) is 4.91. The number of nitrogens with zero attached hydrogens (tertiary/aromatic N) is 1. The van der Waals surface area contributed by atoms with Crippen molar-refractivity contribution in [1.82, 2.24) is 4.57 Å². The van der Waals surface area contributed by atoms with Crippen LogP contribution in [0.25, 0.3) is 10.9 Å². The lowest BCUT2D eigenvalue weighted by atomic mass is 10.1. The van der Waals surface area contributed by atoms with E-state index in [1.807, 2.05) is 0 Å². The number of fused-ring (bicyclic) bond motifs is 2. The number of aryl methyl sites for hydroxylation is 3. The zero-order chi connectivity index (χ0) is 8.84. The Kier molecular flexibility index (Phi) is 1.32. The molecule has 0 amide bonds. The first kappa shape index (κ1) is 7.19. The van der Waals surface area contributed by atoms with E-state index < -0.39 is 0 Å². The zero-order valence-corrected chi connectivity index (χ0v) is 7.88. The molecule has 1 heteroatoms. The van der Waals surface area contributed by atoms with Gasteiger partial charge in [0.15, 0.2) is 0 Å². The molecule has 1 aliphatic rings. The predicted molar refractivity (Wildman–Crippen MR) is 54.9 cm³/mol. The Labute approximate surface area is 78.0 Å². The van der Waals surface area contributed by atoms with Crippen LogP contribution in [0.2, 0.25) is 0 Å². The molecule has 1 nitrogen and oxygen atoms in total. The molecule has 3 rings (SSSR count). The molecular weight excluding hydrogens is 158 g/mol. The van der Waals surface area contributed by atoms with Crippen molar-refractivity contribution in [2.45, 2.75) is 19.3 Å². The molecule has 0 spiro atoms. The summed E-state index contributed by atoms with van der Waals surface area (Å²) in [5, 5.41) is 1.39. The largest absolute Gasteiger partial charge is 0.351 e. The van der Waals surface area contributed by atoms with E-state index in [0.717, 1.165) is 0 Å². The third kappa shape index (κ3) is 0.932. The van der Waals surface area contributed by atoms with Crippen LogP contribution >= 0.6 is 0 Å². The molecule has 0 saturated carbocycles. The summed E-state index contributed by atoms with van der Waals surface area (Å²) in [6.07, 6.45) is 6.03. The number of hydrogen-bond donors (Lipinski definition) is 0. The molecule has 2 aromatic rings. The van der Waals surface area contributed by atoms with Crippen LogP contribution in [0.3, 0.4) is 0 Å². The molecule has 0 unspecified atom stereocenters. The molecule has 0 aliphatic heterocycles. The quantitative estimate of drug-likeness (QED) is 0.574. The third-order valence-electron chi connectivity index (χ3n) is 3.10. The number of benzene rings is 1. The summed E-state index contributed by atoms with van der Waals surface area (Å²) in [5.41, 5.74) is 4.51. The lowest BCUT2D eigenvalue weighted by molar-refractivity contribution is 0.911. The van der Waals surface area contributed by atoms with Crippen molar-refractivity contribution in [2.24, 2.45) is 7.05 Å². The Hall–Kier alpha value is -1.24. The van der Waals surface area contributed by atoms with Crippen molar-refractivity contribution in [3.63, 3.8) is 0 Å². The summed E-state index contributed by atoms with van der Waals surface area (Å²) in [7, 11) is 2.11. The van der Waals surface area contributed by atoms with Crippen LogP contribution in [0.15, 0.2) is 24.4 Å². The first-order chi connectivity index (χ1) is 6.34.